The Hall–Kier alpha value is -2.38. The summed E-state index contributed by atoms with van der Waals surface area (Å²) in [6.45, 7) is 1.39. The van der Waals surface area contributed by atoms with E-state index in [0.717, 1.165) is 15.5 Å². The van der Waals surface area contributed by atoms with E-state index >= 15 is 0 Å². The van der Waals surface area contributed by atoms with Crippen molar-refractivity contribution in [1.29, 1.82) is 0 Å². The van der Waals surface area contributed by atoms with Gasteiger partial charge in [0.2, 0.25) is 5.91 Å². The van der Waals surface area contributed by atoms with E-state index in [2.05, 4.69) is 0 Å². The molecule has 1 amide bonds. The third-order valence-corrected chi connectivity index (χ3v) is 2.37. The molecule has 0 spiro atoms. The summed E-state index contributed by atoms with van der Waals surface area (Å²) in [5.74, 6) is -1.60. The number of nitrogens with zero attached hydrogens (tertiary/aromatic N) is 2. The monoisotopic (exact) mass is 269 g/mol. The topological polar surface area (TPSA) is 112 Å². The lowest BCUT2D eigenvalue weighted by molar-refractivity contribution is -0.144. The largest absolute Gasteiger partial charge is 0.480 e. The minimum atomic E-state index is -1.12. The van der Waals surface area contributed by atoms with Crippen LogP contribution in [0.25, 0.3) is 0 Å². The summed E-state index contributed by atoms with van der Waals surface area (Å²) in [6.07, 6.45) is 1.81. The number of aliphatic carboxylic acids is 1. The molecule has 0 unspecified atom stereocenters. The molecule has 0 fully saturated rings. The van der Waals surface area contributed by atoms with Crippen molar-refractivity contribution in [3.8, 4) is 0 Å². The lowest BCUT2D eigenvalue weighted by Crippen LogP contribution is -2.41. The molecular formula is C11H15N3O5. The van der Waals surface area contributed by atoms with Gasteiger partial charge in [-0.1, -0.05) is 6.92 Å². The number of hydrogen-bond acceptors (Lipinski definition) is 4. The molecule has 0 saturated carbocycles. The van der Waals surface area contributed by atoms with Gasteiger partial charge in [-0.25, -0.2) is 4.79 Å². The Morgan fingerprint density at radius 3 is 2.63 bits per heavy atom. The number of H-pyrrole nitrogens is 1. The van der Waals surface area contributed by atoms with Crippen molar-refractivity contribution in [3.05, 3.63) is 33.1 Å². The first-order valence-electron chi connectivity index (χ1n) is 5.73. The molecule has 104 valence electrons. The van der Waals surface area contributed by atoms with Crippen molar-refractivity contribution in [2.45, 2.75) is 19.9 Å². The number of rotatable bonds is 6. The Kier molecular flexibility index (Phi) is 5.04. The summed E-state index contributed by atoms with van der Waals surface area (Å²) in [4.78, 5) is 48.0. The van der Waals surface area contributed by atoms with Gasteiger partial charge in [-0.3, -0.25) is 23.9 Å². The molecule has 1 aromatic heterocycles. The molecule has 0 aliphatic heterocycles. The van der Waals surface area contributed by atoms with Crippen molar-refractivity contribution in [2.24, 2.45) is 0 Å². The summed E-state index contributed by atoms with van der Waals surface area (Å²) in [7, 11) is 0. The molecule has 0 radical (unpaired) electrons. The van der Waals surface area contributed by atoms with E-state index in [4.69, 9.17) is 5.11 Å². The fraction of sp³-hybridized carbons (Fsp3) is 0.455. The molecule has 0 aliphatic carbocycles. The predicted octanol–water partition coefficient (Wildman–Crippen LogP) is -1.14. The van der Waals surface area contributed by atoms with Crippen LogP contribution in [0, 0.1) is 0 Å². The highest BCUT2D eigenvalue weighted by Gasteiger charge is 2.16. The maximum Gasteiger partial charge on any atom is 0.328 e. The molecule has 1 heterocycles. The van der Waals surface area contributed by atoms with Gasteiger partial charge < -0.3 is 10.0 Å². The maximum atomic E-state index is 11.9. The number of aromatic amines is 1. The highest BCUT2D eigenvalue weighted by atomic mass is 16.4. The summed E-state index contributed by atoms with van der Waals surface area (Å²) < 4.78 is 1.02. The Balaban J connectivity index is 2.83. The van der Waals surface area contributed by atoms with Crippen LogP contribution < -0.4 is 11.2 Å². The van der Waals surface area contributed by atoms with Crippen LogP contribution in [-0.2, 0) is 16.1 Å². The van der Waals surface area contributed by atoms with Gasteiger partial charge >= 0.3 is 11.7 Å². The standard InChI is InChI=1S/C11H15N3O5/c1-2-4-13(7-10(17)18)9(16)6-14-5-3-8(15)12-11(14)19/h3,5H,2,4,6-7H2,1H3,(H,17,18)(H,12,15,19). The maximum absolute atomic E-state index is 11.9. The number of carboxylic acid groups (broad SMARTS) is 1. The second-order valence-electron chi connectivity index (χ2n) is 3.95. The first kappa shape index (κ1) is 14.7. The highest BCUT2D eigenvalue weighted by molar-refractivity contribution is 5.81. The zero-order valence-electron chi connectivity index (χ0n) is 10.5. The van der Waals surface area contributed by atoms with Gasteiger partial charge in [-0.15, -0.1) is 0 Å². The minimum absolute atomic E-state index is 0.295. The van der Waals surface area contributed by atoms with Gasteiger partial charge in [0.05, 0.1) is 0 Å². The van der Waals surface area contributed by atoms with Gasteiger partial charge in [0.1, 0.15) is 13.1 Å². The van der Waals surface area contributed by atoms with Crippen LogP contribution in [0.3, 0.4) is 0 Å². The molecule has 0 bridgehead atoms. The van der Waals surface area contributed by atoms with E-state index in [9.17, 15) is 19.2 Å². The van der Waals surface area contributed by atoms with Gasteiger partial charge in [-0.2, -0.15) is 0 Å². The van der Waals surface area contributed by atoms with Crippen LogP contribution in [0.5, 0.6) is 0 Å². The Labute approximate surface area is 108 Å². The van der Waals surface area contributed by atoms with E-state index in [0.29, 0.717) is 13.0 Å². The third kappa shape index (κ3) is 4.41. The number of hydrogen-bond donors (Lipinski definition) is 2. The molecule has 0 aliphatic rings. The van der Waals surface area contributed by atoms with Gasteiger partial charge in [0, 0.05) is 18.8 Å². The SMILES string of the molecule is CCCN(CC(=O)O)C(=O)Cn1ccc(=O)[nH]c1=O. The van der Waals surface area contributed by atoms with E-state index in [1.807, 2.05) is 11.9 Å². The smallest absolute Gasteiger partial charge is 0.328 e. The van der Waals surface area contributed by atoms with Crippen molar-refractivity contribution >= 4 is 11.9 Å². The molecule has 19 heavy (non-hydrogen) atoms. The van der Waals surface area contributed by atoms with Crippen molar-refractivity contribution in [1.82, 2.24) is 14.5 Å². The Morgan fingerprint density at radius 1 is 1.42 bits per heavy atom. The van der Waals surface area contributed by atoms with Gasteiger partial charge in [0.15, 0.2) is 0 Å². The minimum Gasteiger partial charge on any atom is -0.480 e. The second kappa shape index (κ2) is 6.53. The Morgan fingerprint density at radius 2 is 2.11 bits per heavy atom. The summed E-state index contributed by atoms with van der Waals surface area (Å²) in [5, 5.41) is 8.71. The van der Waals surface area contributed by atoms with Crippen LogP contribution in [0.1, 0.15) is 13.3 Å². The molecule has 8 nitrogen and oxygen atoms in total. The van der Waals surface area contributed by atoms with Crippen LogP contribution in [-0.4, -0.2) is 44.5 Å². The number of amides is 1. The van der Waals surface area contributed by atoms with Crippen LogP contribution in [0.15, 0.2) is 21.9 Å². The second-order valence-corrected chi connectivity index (χ2v) is 3.95. The molecule has 2 N–H and O–H groups in total. The summed E-state index contributed by atoms with van der Waals surface area (Å²) in [6, 6.07) is 1.12. The average Bonchev–Trinajstić information content (AvgIpc) is 2.31. The Bertz CT molecular complexity index is 574. The van der Waals surface area contributed by atoms with E-state index < -0.39 is 29.7 Å². The predicted molar refractivity (Wildman–Crippen MR) is 65.8 cm³/mol. The summed E-state index contributed by atoms with van der Waals surface area (Å²) >= 11 is 0. The molecule has 1 aromatic rings. The molecular weight excluding hydrogens is 254 g/mol. The molecule has 0 saturated heterocycles. The lowest BCUT2D eigenvalue weighted by Gasteiger charge is -2.20. The zero-order valence-corrected chi connectivity index (χ0v) is 10.5. The molecule has 1 rings (SSSR count). The average molecular weight is 269 g/mol. The van der Waals surface area contributed by atoms with E-state index in [-0.39, 0.29) is 6.54 Å². The van der Waals surface area contributed by atoms with Crippen LogP contribution >= 0.6 is 0 Å². The fourth-order valence-corrected chi connectivity index (χ4v) is 1.54. The van der Waals surface area contributed by atoms with Crippen molar-refractivity contribution in [3.63, 3.8) is 0 Å². The van der Waals surface area contributed by atoms with Crippen LogP contribution in [0.2, 0.25) is 0 Å². The van der Waals surface area contributed by atoms with Crippen LogP contribution in [0.4, 0.5) is 0 Å². The lowest BCUT2D eigenvalue weighted by atomic mass is 10.3. The molecule has 0 aromatic carbocycles. The van der Waals surface area contributed by atoms with E-state index in [1.54, 1.807) is 0 Å². The highest BCUT2D eigenvalue weighted by Crippen LogP contribution is 1.95. The summed E-state index contributed by atoms with van der Waals surface area (Å²) in [5.41, 5.74) is -1.25. The van der Waals surface area contributed by atoms with Gasteiger partial charge in [-0.05, 0) is 6.42 Å². The van der Waals surface area contributed by atoms with Crippen molar-refractivity contribution < 1.29 is 14.7 Å². The fourth-order valence-electron chi connectivity index (χ4n) is 1.54. The van der Waals surface area contributed by atoms with Gasteiger partial charge in [0.25, 0.3) is 5.56 Å². The van der Waals surface area contributed by atoms with E-state index in [1.165, 1.54) is 6.20 Å². The quantitative estimate of drug-likeness (QED) is 0.677. The molecule has 0 atom stereocenters. The normalized spacial score (nSPS) is 10.2. The first-order valence-corrected chi connectivity index (χ1v) is 5.73. The number of carbonyl (C=O) groups is 2. The number of nitrogens with one attached hydrogen (secondary N) is 1. The first-order chi connectivity index (χ1) is 8.93. The van der Waals surface area contributed by atoms with Crippen molar-refractivity contribution in [2.75, 3.05) is 13.1 Å². The third-order valence-electron chi connectivity index (χ3n) is 2.37. The number of carboxylic acids is 1. The zero-order chi connectivity index (χ0) is 14.4. The number of aromatic nitrogens is 2. The molecule has 8 heteroatoms. The number of carbonyl (C=O) groups excluding carboxylic acids is 1.